The van der Waals surface area contributed by atoms with Crippen molar-refractivity contribution in [2.24, 2.45) is 0 Å². The monoisotopic (exact) mass is 433 g/mol. The number of carbonyl (C=O) groups excluding carboxylic acids is 1. The van der Waals surface area contributed by atoms with E-state index < -0.39 is 0 Å². The van der Waals surface area contributed by atoms with Gasteiger partial charge in [0.05, 0.1) is 19.2 Å². The van der Waals surface area contributed by atoms with E-state index in [-0.39, 0.29) is 24.4 Å². The maximum absolute atomic E-state index is 12.8. The van der Waals surface area contributed by atoms with E-state index in [1.807, 2.05) is 29.1 Å². The molecule has 2 aromatic rings. The Kier molecular flexibility index (Phi) is 8.13. The predicted octanol–water partition coefficient (Wildman–Crippen LogP) is 2.80. The van der Waals surface area contributed by atoms with Crippen LogP contribution in [-0.2, 0) is 0 Å². The number of aromatic nitrogens is 2. The van der Waals surface area contributed by atoms with Crippen molar-refractivity contribution in [1.82, 2.24) is 25.3 Å². The molecule has 1 amide bonds. The predicted molar refractivity (Wildman–Crippen MR) is 119 cm³/mol. The van der Waals surface area contributed by atoms with Crippen molar-refractivity contribution in [3.05, 3.63) is 47.8 Å². The first-order valence-electron chi connectivity index (χ1n) is 10.7. The standard InChI is InChI=1S/C22H31N5O2.ClH/c1-29-19-8-6-17(7-9-19)21(26-12-2-3-13-26)16-24-22(28)20-10-14-27(25-20)18-5-4-11-23-15-18;/h6-10,14,18,21,23H,2-5,11-13,15-16H2,1H3,(H,24,28);1H. The molecule has 1 aromatic heterocycles. The van der Waals surface area contributed by atoms with Crippen LogP contribution in [0.1, 0.15) is 53.8 Å². The Morgan fingerprint density at radius 3 is 2.67 bits per heavy atom. The highest BCUT2D eigenvalue weighted by atomic mass is 35.5. The summed E-state index contributed by atoms with van der Waals surface area (Å²) < 4.78 is 7.22. The van der Waals surface area contributed by atoms with Gasteiger partial charge in [-0.2, -0.15) is 5.10 Å². The Labute approximate surface area is 184 Å². The SMILES string of the molecule is COc1ccc(C(CNC(=O)c2ccn(C3CCCNC3)n2)N2CCCC2)cc1.Cl. The van der Waals surface area contributed by atoms with Gasteiger partial charge in [-0.15, -0.1) is 12.4 Å². The van der Waals surface area contributed by atoms with Crippen molar-refractivity contribution in [3.63, 3.8) is 0 Å². The first kappa shape index (κ1) is 22.6. The van der Waals surface area contributed by atoms with Crippen molar-refractivity contribution in [3.8, 4) is 5.75 Å². The first-order valence-corrected chi connectivity index (χ1v) is 10.7. The van der Waals surface area contributed by atoms with Crippen LogP contribution in [0.4, 0.5) is 0 Å². The molecule has 0 saturated carbocycles. The number of likely N-dealkylation sites (tertiary alicyclic amines) is 1. The molecule has 2 fully saturated rings. The van der Waals surface area contributed by atoms with Gasteiger partial charge >= 0.3 is 0 Å². The van der Waals surface area contributed by atoms with E-state index in [4.69, 9.17) is 4.74 Å². The van der Waals surface area contributed by atoms with E-state index in [0.717, 1.165) is 44.8 Å². The van der Waals surface area contributed by atoms with E-state index in [2.05, 4.69) is 32.8 Å². The fourth-order valence-corrected chi connectivity index (χ4v) is 4.34. The van der Waals surface area contributed by atoms with Gasteiger partial charge in [-0.05, 0) is 69.1 Å². The quantitative estimate of drug-likeness (QED) is 0.702. The largest absolute Gasteiger partial charge is 0.497 e. The lowest BCUT2D eigenvalue weighted by Gasteiger charge is -2.28. The molecule has 0 radical (unpaired) electrons. The Morgan fingerprint density at radius 2 is 2.00 bits per heavy atom. The topological polar surface area (TPSA) is 71.4 Å². The average Bonchev–Trinajstić information content (AvgIpc) is 3.47. The van der Waals surface area contributed by atoms with Gasteiger partial charge in [-0.1, -0.05) is 12.1 Å². The van der Waals surface area contributed by atoms with Crippen LogP contribution in [0.2, 0.25) is 0 Å². The van der Waals surface area contributed by atoms with Crippen LogP contribution >= 0.6 is 12.4 Å². The summed E-state index contributed by atoms with van der Waals surface area (Å²) in [6.45, 7) is 4.68. The summed E-state index contributed by atoms with van der Waals surface area (Å²) in [5.74, 6) is 0.742. The second kappa shape index (κ2) is 10.8. The van der Waals surface area contributed by atoms with Gasteiger partial charge in [0.25, 0.3) is 5.91 Å². The summed E-state index contributed by atoms with van der Waals surface area (Å²) in [5, 5.41) is 11.0. The fourth-order valence-electron chi connectivity index (χ4n) is 4.34. The number of nitrogens with one attached hydrogen (secondary N) is 2. The Bertz CT molecular complexity index is 798. The molecule has 2 unspecified atom stereocenters. The molecule has 2 saturated heterocycles. The first-order chi connectivity index (χ1) is 14.2. The third-order valence-electron chi connectivity index (χ3n) is 6.02. The number of nitrogens with zero attached hydrogens (tertiary/aromatic N) is 3. The van der Waals surface area contributed by atoms with Crippen molar-refractivity contribution in [2.45, 2.75) is 37.8 Å². The minimum absolute atomic E-state index is 0. The highest BCUT2D eigenvalue weighted by molar-refractivity contribution is 5.92. The van der Waals surface area contributed by atoms with Gasteiger partial charge in [0.2, 0.25) is 0 Å². The molecular formula is C22H32ClN5O2. The zero-order valence-corrected chi connectivity index (χ0v) is 18.4. The summed E-state index contributed by atoms with van der Waals surface area (Å²) in [7, 11) is 1.68. The number of ether oxygens (including phenoxy) is 1. The number of benzene rings is 1. The molecule has 2 N–H and O–H groups in total. The summed E-state index contributed by atoms with van der Waals surface area (Å²) in [6, 6.07) is 10.5. The van der Waals surface area contributed by atoms with Gasteiger partial charge in [0.15, 0.2) is 0 Å². The molecule has 2 aliphatic heterocycles. The summed E-state index contributed by atoms with van der Waals surface area (Å²) in [5.41, 5.74) is 1.69. The van der Waals surface area contributed by atoms with Crippen molar-refractivity contribution in [1.29, 1.82) is 0 Å². The molecule has 30 heavy (non-hydrogen) atoms. The van der Waals surface area contributed by atoms with Crippen LogP contribution in [0, 0.1) is 0 Å². The number of carbonyl (C=O) groups is 1. The van der Waals surface area contributed by atoms with Gasteiger partial charge in [-0.25, -0.2) is 0 Å². The number of amides is 1. The third kappa shape index (κ3) is 5.33. The van der Waals surface area contributed by atoms with Crippen LogP contribution in [-0.4, -0.2) is 60.4 Å². The number of piperidine rings is 1. The fraction of sp³-hybridized carbons (Fsp3) is 0.545. The average molecular weight is 434 g/mol. The highest BCUT2D eigenvalue weighted by Gasteiger charge is 2.25. The summed E-state index contributed by atoms with van der Waals surface area (Å²) >= 11 is 0. The molecule has 2 atom stereocenters. The molecule has 8 heteroatoms. The number of halogens is 1. The Hall–Kier alpha value is -2.09. The van der Waals surface area contributed by atoms with Gasteiger partial charge in [0, 0.05) is 19.3 Å². The molecule has 4 rings (SSSR count). The van der Waals surface area contributed by atoms with Gasteiger partial charge in [0.1, 0.15) is 11.4 Å². The highest BCUT2D eigenvalue weighted by Crippen LogP contribution is 2.26. The molecule has 1 aromatic carbocycles. The molecule has 0 aliphatic carbocycles. The number of methoxy groups -OCH3 is 1. The number of hydrogen-bond acceptors (Lipinski definition) is 5. The zero-order valence-electron chi connectivity index (χ0n) is 17.5. The van der Waals surface area contributed by atoms with E-state index in [1.54, 1.807) is 7.11 Å². The lowest BCUT2D eigenvalue weighted by atomic mass is 10.1. The molecule has 0 bridgehead atoms. The number of rotatable bonds is 7. The minimum atomic E-state index is -0.106. The molecule has 0 spiro atoms. The molecule has 3 heterocycles. The maximum Gasteiger partial charge on any atom is 0.271 e. The molecule has 7 nitrogen and oxygen atoms in total. The van der Waals surface area contributed by atoms with Crippen LogP contribution < -0.4 is 15.4 Å². The Morgan fingerprint density at radius 1 is 1.23 bits per heavy atom. The summed E-state index contributed by atoms with van der Waals surface area (Å²) in [4.78, 5) is 15.2. The maximum atomic E-state index is 12.8. The molecule has 2 aliphatic rings. The van der Waals surface area contributed by atoms with E-state index in [1.165, 1.54) is 18.4 Å². The van der Waals surface area contributed by atoms with Crippen molar-refractivity contribution >= 4 is 18.3 Å². The lowest BCUT2D eigenvalue weighted by Crippen LogP contribution is -2.37. The van der Waals surface area contributed by atoms with E-state index in [9.17, 15) is 4.79 Å². The van der Waals surface area contributed by atoms with Crippen LogP contribution in [0.25, 0.3) is 0 Å². The number of hydrogen-bond donors (Lipinski definition) is 2. The van der Waals surface area contributed by atoms with Crippen LogP contribution in [0.15, 0.2) is 36.5 Å². The van der Waals surface area contributed by atoms with Crippen LogP contribution in [0.3, 0.4) is 0 Å². The Balaban J connectivity index is 0.00000256. The van der Waals surface area contributed by atoms with Crippen molar-refractivity contribution < 1.29 is 9.53 Å². The van der Waals surface area contributed by atoms with E-state index >= 15 is 0 Å². The second-order valence-corrected chi connectivity index (χ2v) is 7.92. The molecule has 164 valence electrons. The molecular weight excluding hydrogens is 402 g/mol. The lowest BCUT2D eigenvalue weighted by molar-refractivity contribution is 0.0931. The van der Waals surface area contributed by atoms with Crippen LogP contribution in [0.5, 0.6) is 5.75 Å². The van der Waals surface area contributed by atoms with E-state index in [0.29, 0.717) is 18.3 Å². The second-order valence-electron chi connectivity index (χ2n) is 7.92. The zero-order chi connectivity index (χ0) is 20.1. The third-order valence-corrected chi connectivity index (χ3v) is 6.02. The smallest absolute Gasteiger partial charge is 0.271 e. The minimum Gasteiger partial charge on any atom is -0.497 e. The normalized spacial score (nSPS) is 20.4. The summed E-state index contributed by atoms with van der Waals surface area (Å²) in [6.07, 6.45) is 6.59. The van der Waals surface area contributed by atoms with Crippen molar-refractivity contribution in [2.75, 3.05) is 39.8 Å². The van der Waals surface area contributed by atoms with Gasteiger partial charge < -0.3 is 15.4 Å². The van der Waals surface area contributed by atoms with Gasteiger partial charge in [-0.3, -0.25) is 14.4 Å².